The van der Waals surface area contributed by atoms with Gasteiger partial charge < -0.3 is 25.0 Å². The van der Waals surface area contributed by atoms with Crippen LogP contribution in [0.1, 0.15) is 51.7 Å². The molecule has 2 N–H and O–H groups in total. The van der Waals surface area contributed by atoms with Gasteiger partial charge in [-0.15, -0.1) is 0 Å². The van der Waals surface area contributed by atoms with Gasteiger partial charge in [-0.05, 0) is 64.5 Å². The molecular formula is C24H33N3O6. The molecule has 3 amide bonds. The zero-order valence-electron chi connectivity index (χ0n) is 19.7. The molecular weight excluding hydrogens is 426 g/mol. The van der Waals surface area contributed by atoms with E-state index in [1.807, 2.05) is 24.3 Å². The van der Waals surface area contributed by atoms with Gasteiger partial charge in [-0.1, -0.05) is 24.3 Å². The average Bonchev–Trinajstić information content (AvgIpc) is 3.36. The number of hydrogen-bond donors (Lipinski definition) is 2. The summed E-state index contributed by atoms with van der Waals surface area (Å²) in [6.45, 7) is 6.87. The normalized spacial score (nSPS) is 19.0. The van der Waals surface area contributed by atoms with Crippen molar-refractivity contribution in [3.63, 3.8) is 0 Å². The van der Waals surface area contributed by atoms with Crippen molar-refractivity contribution in [1.29, 1.82) is 0 Å². The molecule has 1 aliphatic carbocycles. The van der Waals surface area contributed by atoms with Gasteiger partial charge in [-0.3, -0.25) is 9.59 Å². The van der Waals surface area contributed by atoms with E-state index in [-0.39, 0.29) is 12.6 Å². The fourth-order valence-electron chi connectivity index (χ4n) is 4.50. The number of benzene rings is 1. The highest BCUT2D eigenvalue weighted by molar-refractivity contribution is 5.91. The third-order valence-electron chi connectivity index (χ3n) is 6.02. The van der Waals surface area contributed by atoms with Crippen LogP contribution < -0.4 is 5.32 Å². The fraction of sp³-hybridized carbons (Fsp3) is 0.583. The molecule has 1 fully saturated rings. The Morgan fingerprint density at radius 3 is 2.33 bits per heavy atom. The van der Waals surface area contributed by atoms with Gasteiger partial charge in [0.2, 0.25) is 11.8 Å². The van der Waals surface area contributed by atoms with Crippen LogP contribution in [0.15, 0.2) is 24.3 Å². The number of rotatable bonds is 6. The molecule has 2 atom stereocenters. The van der Waals surface area contributed by atoms with Crippen molar-refractivity contribution < 1.29 is 29.0 Å². The van der Waals surface area contributed by atoms with Crippen molar-refractivity contribution >= 4 is 23.9 Å². The fourth-order valence-corrected chi connectivity index (χ4v) is 4.50. The molecule has 3 rings (SSSR count). The first kappa shape index (κ1) is 24.5. The number of ether oxygens (including phenoxy) is 1. The van der Waals surface area contributed by atoms with Crippen LogP contribution in [-0.2, 0) is 32.0 Å². The number of amides is 3. The van der Waals surface area contributed by atoms with Gasteiger partial charge in [0.25, 0.3) is 0 Å². The second kappa shape index (κ2) is 9.80. The lowest BCUT2D eigenvalue weighted by molar-refractivity contribution is -0.150. The number of likely N-dealkylation sites (tertiary alicyclic amines) is 1. The minimum Gasteiger partial charge on any atom is -0.480 e. The van der Waals surface area contributed by atoms with Crippen LogP contribution in [0.5, 0.6) is 0 Å². The molecule has 180 valence electrons. The third kappa shape index (κ3) is 6.03. The van der Waals surface area contributed by atoms with E-state index in [4.69, 9.17) is 4.74 Å². The van der Waals surface area contributed by atoms with Crippen LogP contribution in [0.25, 0.3) is 0 Å². The smallest absolute Gasteiger partial charge is 0.408 e. The number of carbonyl (C=O) groups is 4. The maximum Gasteiger partial charge on any atom is 0.408 e. The summed E-state index contributed by atoms with van der Waals surface area (Å²) < 4.78 is 5.26. The first-order valence-corrected chi connectivity index (χ1v) is 11.4. The van der Waals surface area contributed by atoms with Gasteiger partial charge in [-0.2, -0.15) is 0 Å². The van der Waals surface area contributed by atoms with Crippen LogP contribution in [0.3, 0.4) is 0 Å². The summed E-state index contributed by atoms with van der Waals surface area (Å²) in [6.07, 6.45) is 1.49. The summed E-state index contributed by atoms with van der Waals surface area (Å²) in [5.41, 5.74) is 1.52. The summed E-state index contributed by atoms with van der Waals surface area (Å²) in [5, 5.41) is 12.0. The summed E-state index contributed by atoms with van der Waals surface area (Å²) in [4.78, 5) is 53.1. The molecule has 2 aliphatic rings. The van der Waals surface area contributed by atoms with Crippen LogP contribution >= 0.6 is 0 Å². The number of alkyl carbamates (subject to hydrolysis) is 1. The van der Waals surface area contributed by atoms with Crippen molar-refractivity contribution in [2.75, 3.05) is 13.1 Å². The molecule has 0 aromatic heterocycles. The van der Waals surface area contributed by atoms with Crippen molar-refractivity contribution in [2.45, 2.75) is 77.1 Å². The van der Waals surface area contributed by atoms with E-state index >= 15 is 0 Å². The Kier molecular flexibility index (Phi) is 7.29. The molecule has 9 nitrogen and oxygen atoms in total. The SMILES string of the molecule is C[C@H](NC(=O)OC(C)(C)C)C(=O)N(CC(=O)N1CCC[C@H]1C(=O)O)C1Cc2ccccc2C1. The number of aliphatic carboxylic acids is 1. The number of carboxylic acid groups (broad SMARTS) is 1. The van der Waals surface area contributed by atoms with Gasteiger partial charge in [0, 0.05) is 12.6 Å². The predicted molar refractivity (Wildman–Crippen MR) is 121 cm³/mol. The van der Waals surface area contributed by atoms with Crippen LogP contribution in [0.4, 0.5) is 4.79 Å². The van der Waals surface area contributed by atoms with E-state index in [1.165, 1.54) is 9.80 Å². The van der Waals surface area contributed by atoms with Crippen molar-refractivity contribution in [2.24, 2.45) is 0 Å². The molecule has 1 aliphatic heterocycles. The van der Waals surface area contributed by atoms with Crippen molar-refractivity contribution in [3.8, 4) is 0 Å². The van der Waals surface area contributed by atoms with Gasteiger partial charge in [0.15, 0.2) is 0 Å². The largest absolute Gasteiger partial charge is 0.480 e. The van der Waals surface area contributed by atoms with E-state index in [0.29, 0.717) is 32.2 Å². The first-order valence-electron chi connectivity index (χ1n) is 11.4. The van der Waals surface area contributed by atoms with Gasteiger partial charge in [0.1, 0.15) is 24.2 Å². The molecule has 1 heterocycles. The maximum absolute atomic E-state index is 13.4. The number of nitrogens with zero attached hydrogens (tertiary/aromatic N) is 2. The molecule has 0 radical (unpaired) electrons. The highest BCUT2D eigenvalue weighted by Crippen LogP contribution is 2.27. The lowest BCUT2D eigenvalue weighted by atomic mass is 10.1. The second-order valence-electron chi connectivity index (χ2n) is 9.75. The standard InChI is InChI=1S/C24H33N3O6/c1-15(25-23(32)33-24(2,3)4)21(29)27(18-12-16-8-5-6-9-17(16)13-18)14-20(28)26-11-7-10-19(26)22(30)31/h5-6,8-9,15,18-19H,7,10-14H2,1-4H3,(H,25,32)(H,30,31)/t15-,19-/m0/s1. The molecule has 0 saturated carbocycles. The Morgan fingerprint density at radius 2 is 1.79 bits per heavy atom. The van der Waals surface area contributed by atoms with E-state index in [2.05, 4.69) is 5.32 Å². The van der Waals surface area contributed by atoms with E-state index < -0.39 is 41.6 Å². The number of carboxylic acids is 1. The third-order valence-corrected chi connectivity index (χ3v) is 6.02. The van der Waals surface area contributed by atoms with Gasteiger partial charge in [-0.25, -0.2) is 9.59 Å². The molecule has 1 aromatic rings. The zero-order chi connectivity index (χ0) is 24.3. The second-order valence-corrected chi connectivity index (χ2v) is 9.75. The Labute approximate surface area is 194 Å². The zero-order valence-corrected chi connectivity index (χ0v) is 19.7. The predicted octanol–water partition coefficient (Wildman–Crippen LogP) is 1.97. The van der Waals surface area contributed by atoms with Crippen molar-refractivity contribution in [1.82, 2.24) is 15.1 Å². The Bertz CT molecular complexity index is 900. The summed E-state index contributed by atoms with van der Waals surface area (Å²) >= 11 is 0. The lowest BCUT2D eigenvalue weighted by Crippen LogP contribution is -2.55. The molecule has 1 saturated heterocycles. The Balaban J connectivity index is 1.77. The monoisotopic (exact) mass is 459 g/mol. The molecule has 0 spiro atoms. The number of nitrogens with one attached hydrogen (secondary N) is 1. The lowest BCUT2D eigenvalue weighted by Gasteiger charge is -2.33. The first-order chi connectivity index (χ1) is 15.5. The molecule has 0 bridgehead atoms. The Hall–Kier alpha value is -3.10. The van der Waals surface area contributed by atoms with Crippen LogP contribution in [0, 0.1) is 0 Å². The minimum atomic E-state index is -1.04. The van der Waals surface area contributed by atoms with Gasteiger partial charge in [0.05, 0.1) is 0 Å². The average molecular weight is 460 g/mol. The minimum absolute atomic E-state index is 0.235. The van der Waals surface area contributed by atoms with E-state index in [1.54, 1.807) is 27.7 Å². The molecule has 9 heteroatoms. The maximum atomic E-state index is 13.4. The summed E-state index contributed by atoms with van der Waals surface area (Å²) in [5.74, 6) is -1.83. The quantitative estimate of drug-likeness (QED) is 0.672. The summed E-state index contributed by atoms with van der Waals surface area (Å²) in [7, 11) is 0. The van der Waals surface area contributed by atoms with Crippen molar-refractivity contribution in [3.05, 3.63) is 35.4 Å². The number of fused-ring (bicyclic) bond motifs is 1. The topological polar surface area (TPSA) is 116 Å². The number of carbonyl (C=O) groups excluding carboxylic acids is 3. The Morgan fingerprint density at radius 1 is 1.18 bits per heavy atom. The van der Waals surface area contributed by atoms with Gasteiger partial charge >= 0.3 is 12.1 Å². The van der Waals surface area contributed by atoms with Crippen LogP contribution in [-0.4, -0.2) is 75.6 Å². The van der Waals surface area contributed by atoms with E-state index in [0.717, 1.165) is 11.1 Å². The summed E-state index contributed by atoms with van der Waals surface area (Å²) in [6, 6.07) is 5.84. The molecule has 1 aromatic carbocycles. The highest BCUT2D eigenvalue weighted by Gasteiger charge is 2.38. The highest BCUT2D eigenvalue weighted by atomic mass is 16.6. The van der Waals surface area contributed by atoms with E-state index in [9.17, 15) is 24.3 Å². The number of hydrogen-bond acceptors (Lipinski definition) is 5. The molecule has 33 heavy (non-hydrogen) atoms. The molecule has 0 unspecified atom stereocenters. The van der Waals surface area contributed by atoms with Crippen LogP contribution in [0.2, 0.25) is 0 Å².